The molecule has 1 N–H and O–H groups in total. The average molecular weight is 437 g/mol. The number of hydrogen-bond acceptors (Lipinski definition) is 5. The van der Waals surface area contributed by atoms with Crippen LogP contribution in [0.1, 0.15) is 23.9 Å². The maximum atomic E-state index is 13.1. The molecular weight excluding hydrogens is 412 g/mol. The topological polar surface area (TPSA) is 85.6 Å². The van der Waals surface area contributed by atoms with Crippen LogP contribution in [0, 0.1) is 20.8 Å². The molecule has 2 heterocycles. The molecule has 2 aromatic heterocycles. The lowest BCUT2D eigenvalue weighted by molar-refractivity contribution is 0.340. The number of aryl methyl sites for hydroxylation is 3. The zero-order chi connectivity index (χ0) is 22.2. The molecule has 8 heteroatoms. The van der Waals surface area contributed by atoms with Gasteiger partial charge in [0, 0.05) is 22.6 Å². The Morgan fingerprint density at radius 1 is 1.03 bits per heavy atom. The van der Waals surface area contributed by atoms with Crippen LogP contribution in [-0.4, -0.2) is 29.6 Å². The van der Waals surface area contributed by atoms with E-state index in [0.29, 0.717) is 29.3 Å². The lowest BCUT2D eigenvalue weighted by Crippen LogP contribution is -2.14. The Morgan fingerprint density at radius 3 is 2.48 bits per heavy atom. The van der Waals surface area contributed by atoms with Crippen LogP contribution in [0.3, 0.4) is 0 Å². The number of fused-ring (bicyclic) bond motifs is 1. The Balaban J connectivity index is 1.72. The second kappa shape index (κ2) is 8.03. The first-order valence-corrected chi connectivity index (χ1v) is 11.5. The molecule has 0 unspecified atom stereocenters. The molecule has 0 atom stereocenters. The van der Waals surface area contributed by atoms with Crippen molar-refractivity contribution in [2.75, 3.05) is 11.3 Å². The average Bonchev–Trinajstić information content (AvgIpc) is 3.14. The molecule has 4 rings (SSSR count). The molecule has 0 bridgehead atoms. The molecule has 31 heavy (non-hydrogen) atoms. The predicted octanol–water partition coefficient (Wildman–Crippen LogP) is 4.52. The summed E-state index contributed by atoms with van der Waals surface area (Å²) < 4.78 is 36.1. The molecule has 160 valence electrons. The third-order valence-corrected chi connectivity index (χ3v) is 6.51. The van der Waals surface area contributed by atoms with E-state index in [2.05, 4.69) is 14.8 Å². The van der Waals surface area contributed by atoms with Crippen molar-refractivity contribution in [1.29, 1.82) is 0 Å². The van der Waals surface area contributed by atoms with Crippen molar-refractivity contribution >= 4 is 21.4 Å². The van der Waals surface area contributed by atoms with Crippen LogP contribution in [0.25, 0.3) is 16.8 Å². The molecule has 0 aliphatic carbocycles. The van der Waals surface area contributed by atoms with Crippen molar-refractivity contribution in [1.82, 2.24) is 14.6 Å². The van der Waals surface area contributed by atoms with E-state index in [-0.39, 0.29) is 4.90 Å². The fraction of sp³-hybridized carbons (Fsp3) is 0.217. The summed E-state index contributed by atoms with van der Waals surface area (Å²) in [4.78, 5) is 4.81. The van der Waals surface area contributed by atoms with E-state index in [0.717, 1.165) is 22.5 Å². The van der Waals surface area contributed by atoms with E-state index in [1.807, 2.05) is 32.9 Å². The van der Waals surface area contributed by atoms with Gasteiger partial charge in [-0.25, -0.2) is 17.9 Å². The SMILES string of the molecule is CCOc1ccc(NS(=O)(=O)c2cc(-c3cnn4c(C)cc(C)nc34)ccc2C)cc1. The fourth-order valence-corrected chi connectivity index (χ4v) is 4.86. The monoisotopic (exact) mass is 436 g/mol. The van der Waals surface area contributed by atoms with E-state index in [4.69, 9.17) is 4.74 Å². The van der Waals surface area contributed by atoms with Crippen LogP contribution >= 0.6 is 0 Å². The summed E-state index contributed by atoms with van der Waals surface area (Å²) in [5, 5.41) is 4.42. The standard InChI is InChI=1S/C23H24N4O3S/c1-5-30-20-10-8-19(9-11-20)26-31(28,29)22-13-18(7-6-15(22)2)21-14-24-27-17(4)12-16(3)25-23(21)27/h6-14,26H,5H2,1-4H3. The van der Waals surface area contributed by atoms with Gasteiger partial charge in [0.25, 0.3) is 10.0 Å². The number of hydrogen-bond donors (Lipinski definition) is 1. The summed E-state index contributed by atoms with van der Waals surface area (Å²) in [5.74, 6) is 0.690. The molecule has 0 saturated carbocycles. The number of nitrogens with zero attached hydrogens (tertiary/aromatic N) is 3. The van der Waals surface area contributed by atoms with E-state index in [9.17, 15) is 8.42 Å². The van der Waals surface area contributed by atoms with Gasteiger partial charge < -0.3 is 4.74 Å². The molecule has 0 radical (unpaired) electrons. The first-order valence-electron chi connectivity index (χ1n) is 9.97. The third-order valence-electron chi connectivity index (χ3n) is 4.98. The molecular formula is C23H24N4O3S. The maximum Gasteiger partial charge on any atom is 0.262 e. The van der Waals surface area contributed by atoms with Crippen molar-refractivity contribution in [2.45, 2.75) is 32.6 Å². The molecule has 0 fully saturated rings. The van der Waals surface area contributed by atoms with Gasteiger partial charge in [0.15, 0.2) is 5.65 Å². The van der Waals surface area contributed by atoms with Crippen molar-refractivity contribution in [3.63, 3.8) is 0 Å². The number of sulfonamides is 1. The van der Waals surface area contributed by atoms with Gasteiger partial charge in [-0.3, -0.25) is 4.72 Å². The highest BCUT2D eigenvalue weighted by atomic mass is 32.2. The zero-order valence-electron chi connectivity index (χ0n) is 17.9. The third kappa shape index (κ3) is 4.11. The van der Waals surface area contributed by atoms with Crippen LogP contribution in [-0.2, 0) is 10.0 Å². The normalized spacial score (nSPS) is 11.6. The van der Waals surface area contributed by atoms with E-state index in [1.54, 1.807) is 54.0 Å². The number of nitrogens with one attached hydrogen (secondary N) is 1. The number of ether oxygens (including phenoxy) is 1. The zero-order valence-corrected chi connectivity index (χ0v) is 18.7. The summed E-state index contributed by atoms with van der Waals surface area (Å²) in [6, 6.07) is 14.2. The smallest absolute Gasteiger partial charge is 0.262 e. The Bertz CT molecular complexity index is 1360. The quantitative estimate of drug-likeness (QED) is 0.480. The molecule has 0 saturated heterocycles. The van der Waals surface area contributed by atoms with Gasteiger partial charge >= 0.3 is 0 Å². The van der Waals surface area contributed by atoms with E-state index < -0.39 is 10.0 Å². The number of benzene rings is 2. The lowest BCUT2D eigenvalue weighted by atomic mass is 10.1. The fourth-order valence-electron chi connectivity index (χ4n) is 3.53. The molecule has 2 aromatic carbocycles. The highest BCUT2D eigenvalue weighted by molar-refractivity contribution is 7.92. The van der Waals surface area contributed by atoms with Crippen LogP contribution in [0.4, 0.5) is 5.69 Å². The lowest BCUT2D eigenvalue weighted by Gasteiger charge is -2.12. The maximum absolute atomic E-state index is 13.1. The molecule has 7 nitrogen and oxygen atoms in total. The molecule has 0 spiro atoms. The van der Waals surface area contributed by atoms with Gasteiger partial charge in [0.2, 0.25) is 0 Å². The van der Waals surface area contributed by atoms with Crippen molar-refractivity contribution in [3.05, 3.63) is 71.7 Å². The summed E-state index contributed by atoms with van der Waals surface area (Å²) in [7, 11) is -3.79. The second-order valence-corrected chi connectivity index (χ2v) is 9.03. The minimum absolute atomic E-state index is 0.211. The highest BCUT2D eigenvalue weighted by Crippen LogP contribution is 2.29. The molecule has 0 amide bonds. The van der Waals surface area contributed by atoms with Gasteiger partial charge in [0.05, 0.1) is 17.7 Å². The molecule has 4 aromatic rings. The largest absolute Gasteiger partial charge is 0.494 e. The van der Waals surface area contributed by atoms with Gasteiger partial charge in [0.1, 0.15) is 5.75 Å². The Labute approximate surface area is 181 Å². The molecule has 0 aliphatic heterocycles. The van der Waals surface area contributed by atoms with Crippen LogP contribution in [0.15, 0.2) is 59.6 Å². The Kier molecular flexibility index (Phi) is 5.41. The van der Waals surface area contributed by atoms with E-state index >= 15 is 0 Å². The second-order valence-electron chi connectivity index (χ2n) is 7.38. The van der Waals surface area contributed by atoms with Gasteiger partial charge in [-0.2, -0.15) is 5.10 Å². The first kappa shape index (κ1) is 20.9. The van der Waals surface area contributed by atoms with Gasteiger partial charge in [-0.15, -0.1) is 0 Å². The minimum atomic E-state index is -3.79. The van der Waals surface area contributed by atoms with Crippen LogP contribution < -0.4 is 9.46 Å². The van der Waals surface area contributed by atoms with Gasteiger partial charge in [-0.1, -0.05) is 12.1 Å². The Hall–Kier alpha value is -3.39. The summed E-state index contributed by atoms with van der Waals surface area (Å²) in [5.41, 5.74) is 5.18. The van der Waals surface area contributed by atoms with Crippen LogP contribution in [0.2, 0.25) is 0 Å². The summed E-state index contributed by atoms with van der Waals surface area (Å²) in [6.07, 6.45) is 1.72. The van der Waals surface area contributed by atoms with Crippen molar-refractivity contribution in [3.8, 4) is 16.9 Å². The van der Waals surface area contributed by atoms with E-state index in [1.165, 1.54) is 0 Å². The first-order chi connectivity index (χ1) is 14.8. The van der Waals surface area contributed by atoms with Crippen molar-refractivity contribution in [2.24, 2.45) is 0 Å². The molecule has 0 aliphatic rings. The number of anilines is 1. The number of rotatable bonds is 6. The highest BCUT2D eigenvalue weighted by Gasteiger charge is 2.20. The number of aromatic nitrogens is 3. The van der Waals surface area contributed by atoms with Crippen LogP contribution in [0.5, 0.6) is 5.75 Å². The predicted molar refractivity (Wildman–Crippen MR) is 121 cm³/mol. The summed E-state index contributed by atoms with van der Waals surface area (Å²) in [6.45, 7) is 8.11. The van der Waals surface area contributed by atoms with Gasteiger partial charge in [-0.05, 0) is 75.2 Å². The minimum Gasteiger partial charge on any atom is -0.494 e. The Morgan fingerprint density at radius 2 is 1.77 bits per heavy atom. The van der Waals surface area contributed by atoms with Crippen molar-refractivity contribution < 1.29 is 13.2 Å². The summed E-state index contributed by atoms with van der Waals surface area (Å²) >= 11 is 0.